The molecule has 0 heterocycles. The lowest BCUT2D eigenvalue weighted by Gasteiger charge is -2.13. The van der Waals surface area contributed by atoms with E-state index < -0.39 is 0 Å². The summed E-state index contributed by atoms with van der Waals surface area (Å²) in [5, 5.41) is 2.78. The molecule has 0 atom stereocenters. The Kier molecular flexibility index (Phi) is 7.21. The van der Waals surface area contributed by atoms with Gasteiger partial charge in [-0.25, -0.2) is 4.79 Å². The highest BCUT2D eigenvalue weighted by atomic mass is 16.5. The topological polar surface area (TPSA) is 58.6 Å². The third-order valence-corrected chi connectivity index (χ3v) is 4.02. The fourth-order valence-corrected chi connectivity index (χ4v) is 2.43. The molecular weight excluding hydrogens is 328 g/mol. The van der Waals surface area contributed by atoms with E-state index in [1.807, 2.05) is 62.3 Å². The highest BCUT2D eigenvalue weighted by molar-refractivity contribution is 5.90. The quantitative estimate of drug-likeness (QED) is 0.585. The molecule has 2 aromatic carbocycles. The van der Waals surface area contributed by atoms with E-state index in [0.29, 0.717) is 24.9 Å². The van der Waals surface area contributed by atoms with Gasteiger partial charge in [0.15, 0.2) is 0 Å². The molecular formula is C21H26N2O3. The molecule has 138 valence electrons. The van der Waals surface area contributed by atoms with E-state index in [2.05, 4.69) is 5.32 Å². The molecule has 0 aromatic heterocycles. The van der Waals surface area contributed by atoms with Gasteiger partial charge in [0.05, 0.1) is 12.1 Å². The van der Waals surface area contributed by atoms with Gasteiger partial charge >= 0.3 is 5.97 Å². The number of aryl methyl sites for hydroxylation is 2. The van der Waals surface area contributed by atoms with Crippen molar-refractivity contribution in [3.05, 3.63) is 65.2 Å². The zero-order valence-corrected chi connectivity index (χ0v) is 15.6. The van der Waals surface area contributed by atoms with Crippen molar-refractivity contribution in [1.29, 1.82) is 0 Å². The van der Waals surface area contributed by atoms with Crippen molar-refractivity contribution in [2.24, 2.45) is 0 Å². The van der Waals surface area contributed by atoms with Crippen molar-refractivity contribution in [2.75, 3.05) is 32.1 Å². The maximum Gasteiger partial charge on any atom is 0.338 e. The fraction of sp³-hybridized carbons (Fsp3) is 0.333. The second-order valence-electron chi connectivity index (χ2n) is 6.42. The van der Waals surface area contributed by atoms with Crippen LogP contribution in [0.5, 0.6) is 0 Å². The fourth-order valence-electron chi connectivity index (χ4n) is 2.43. The number of anilines is 1. The summed E-state index contributed by atoms with van der Waals surface area (Å²) in [5.74, 6) is -0.432. The first-order chi connectivity index (χ1) is 12.5. The van der Waals surface area contributed by atoms with E-state index in [-0.39, 0.29) is 18.5 Å². The summed E-state index contributed by atoms with van der Waals surface area (Å²) in [6, 6.07) is 15.4. The molecule has 1 N–H and O–H groups in total. The van der Waals surface area contributed by atoms with Gasteiger partial charge in [-0.2, -0.15) is 0 Å². The first kappa shape index (κ1) is 19.5. The molecule has 0 unspecified atom stereocenters. The van der Waals surface area contributed by atoms with Crippen LogP contribution in [0.1, 0.15) is 27.9 Å². The van der Waals surface area contributed by atoms with Crippen LogP contribution in [0, 0.1) is 6.92 Å². The van der Waals surface area contributed by atoms with Gasteiger partial charge in [-0.3, -0.25) is 4.79 Å². The smallest absolute Gasteiger partial charge is 0.338 e. The van der Waals surface area contributed by atoms with Gasteiger partial charge in [0, 0.05) is 26.2 Å². The number of hydrogen-bond acceptors (Lipinski definition) is 4. The molecule has 0 aliphatic heterocycles. The van der Waals surface area contributed by atoms with Gasteiger partial charge in [-0.1, -0.05) is 35.9 Å². The Hall–Kier alpha value is -2.82. The lowest BCUT2D eigenvalue weighted by Crippen LogP contribution is -2.28. The van der Waals surface area contributed by atoms with Crippen molar-refractivity contribution >= 4 is 17.6 Å². The van der Waals surface area contributed by atoms with E-state index >= 15 is 0 Å². The minimum atomic E-state index is -0.386. The zero-order valence-electron chi connectivity index (χ0n) is 15.6. The largest absolute Gasteiger partial charge is 0.460 e. The Bertz CT molecular complexity index is 739. The number of nitrogens with one attached hydrogen (secondary N) is 1. The summed E-state index contributed by atoms with van der Waals surface area (Å²) in [7, 11) is 3.83. The second kappa shape index (κ2) is 9.61. The average molecular weight is 354 g/mol. The number of amides is 1. The second-order valence-corrected chi connectivity index (χ2v) is 6.42. The van der Waals surface area contributed by atoms with Crippen LogP contribution in [0.25, 0.3) is 0 Å². The number of ether oxygens (including phenoxy) is 1. The Morgan fingerprint density at radius 3 is 2.50 bits per heavy atom. The van der Waals surface area contributed by atoms with E-state index in [0.717, 1.165) is 11.3 Å². The van der Waals surface area contributed by atoms with Crippen LogP contribution in [0.15, 0.2) is 48.5 Å². The van der Waals surface area contributed by atoms with Crippen LogP contribution in [0.2, 0.25) is 0 Å². The van der Waals surface area contributed by atoms with Crippen molar-refractivity contribution in [1.82, 2.24) is 5.32 Å². The molecule has 2 aromatic rings. The number of hydrogen-bond donors (Lipinski definition) is 1. The molecule has 0 aliphatic carbocycles. The van der Waals surface area contributed by atoms with E-state index in [1.165, 1.54) is 5.56 Å². The van der Waals surface area contributed by atoms with Crippen LogP contribution < -0.4 is 10.2 Å². The summed E-state index contributed by atoms with van der Waals surface area (Å²) >= 11 is 0. The predicted molar refractivity (Wildman–Crippen MR) is 104 cm³/mol. The van der Waals surface area contributed by atoms with Gasteiger partial charge in [0.2, 0.25) is 5.91 Å². The maximum atomic E-state index is 12.0. The summed E-state index contributed by atoms with van der Waals surface area (Å²) in [6.45, 7) is 2.50. The van der Waals surface area contributed by atoms with Gasteiger partial charge in [-0.15, -0.1) is 0 Å². The van der Waals surface area contributed by atoms with Gasteiger partial charge in [0.1, 0.15) is 6.61 Å². The lowest BCUT2D eigenvalue weighted by molar-refractivity contribution is -0.121. The molecule has 0 fully saturated rings. The summed E-state index contributed by atoms with van der Waals surface area (Å²) in [5.41, 5.74) is 3.78. The minimum Gasteiger partial charge on any atom is -0.460 e. The third-order valence-electron chi connectivity index (χ3n) is 4.02. The molecule has 0 saturated carbocycles. The molecule has 0 aliphatic rings. The zero-order chi connectivity index (χ0) is 18.9. The Morgan fingerprint density at radius 2 is 1.81 bits per heavy atom. The number of rotatable bonds is 8. The van der Waals surface area contributed by atoms with Crippen LogP contribution >= 0.6 is 0 Å². The summed E-state index contributed by atoms with van der Waals surface area (Å²) in [6.07, 6.45) is 1.12. The van der Waals surface area contributed by atoms with Crippen molar-refractivity contribution in [3.63, 3.8) is 0 Å². The molecule has 0 spiro atoms. The Balaban J connectivity index is 1.67. The third kappa shape index (κ3) is 6.24. The molecule has 5 heteroatoms. The van der Waals surface area contributed by atoms with Crippen molar-refractivity contribution < 1.29 is 14.3 Å². The number of benzene rings is 2. The predicted octanol–water partition coefficient (Wildman–Crippen LogP) is 2.97. The first-order valence-electron chi connectivity index (χ1n) is 8.72. The highest BCUT2D eigenvalue weighted by Gasteiger charge is 2.09. The Morgan fingerprint density at radius 1 is 1.08 bits per heavy atom. The molecule has 1 amide bonds. The number of carbonyl (C=O) groups is 2. The molecule has 0 saturated heterocycles. The van der Waals surface area contributed by atoms with Crippen LogP contribution in [-0.4, -0.2) is 39.1 Å². The van der Waals surface area contributed by atoms with E-state index in [4.69, 9.17) is 4.74 Å². The van der Waals surface area contributed by atoms with Crippen molar-refractivity contribution in [3.8, 4) is 0 Å². The number of nitrogens with zero attached hydrogens (tertiary/aromatic N) is 1. The van der Waals surface area contributed by atoms with Gasteiger partial charge < -0.3 is 15.0 Å². The van der Waals surface area contributed by atoms with Crippen molar-refractivity contribution in [2.45, 2.75) is 19.8 Å². The number of esters is 1. The molecule has 0 bridgehead atoms. The van der Waals surface area contributed by atoms with E-state index in [1.54, 1.807) is 12.1 Å². The number of carbonyl (C=O) groups excluding carboxylic acids is 2. The van der Waals surface area contributed by atoms with Gasteiger partial charge in [-0.05, 0) is 37.1 Å². The SMILES string of the molecule is Cc1ccc(CCC(=O)NCCOC(=O)c2cccc(N(C)C)c2)cc1. The maximum absolute atomic E-state index is 12.0. The highest BCUT2D eigenvalue weighted by Crippen LogP contribution is 2.14. The lowest BCUT2D eigenvalue weighted by atomic mass is 10.1. The molecule has 5 nitrogen and oxygen atoms in total. The van der Waals surface area contributed by atoms with Crippen LogP contribution in [0.4, 0.5) is 5.69 Å². The van der Waals surface area contributed by atoms with Crippen LogP contribution in [0.3, 0.4) is 0 Å². The summed E-state index contributed by atoms with van der Waals surface area (Å²) < 4.78 is 5.22. The average Bonchev–Trinajstić information content (AvgIpc) is 2.64. The first-order valence-corrected chi connectivity index (χ1v) is 8.72. The molecule has 2 rings (SSSR count). The molecule has 26 heavy (non-hydrogen) atoms. The normalized spacial score (nSPS) is 10.3. The van der Waals surface area contributed by atoms with Gasteiger partial charge in [0.25, 0.3) is 0 Å². The Labute approximate surface area is 155 Å². The van der Waals surface area contributed by atoms with E-state index in [9.17, 15) is 9.59 Å². The van der Waals surface area contributed by atoms with Crippen LogP contribution in [-0.2, 0) is 16.0 Å². The summed E-state index contributed by atoms with van der Waals surface area (Å²) in [4.78, 5) is 25.8. The minimum absolute atomic E-state index is 0.0452. The standard InChI is InChI=1S/C21H26N2O3/c1-16-7-9-17(10-8-16)11-12-20(24)22-13-14-26-21(25)18-5-4-6-19(15-18)23(2)3/h4-10,15H,11-14H2,1-3H3,(H,22,24). The molecule has 0 radical (unpaired) electrons. The monoisotopic (exact) mass is 354 g/mol.